The van der Waals surface area contributed by atoms with Gasteiger partial charge in [-0.25, -0.2) is 13.6 Å². The summed E-state index contributed by atoms with van der Waals surface area (Å²) in [6, 6.07) is 9.10. The minimum atomic E-state index is -3.71. The number of rotatable bonds is 5. The molecule has 8 heteroatoms. The summed E-state index contributed by atoms with van der Waals surface area (Å²) in [5, 5.41) is 7.66. The zero-order valence-electron chi connectivity index (χ0n) is 11.1. The molecule has 1 heterocycles. The van der Waals surface area contributed by atoms with Crippen molar-refractivity contribution in [2.45, 2.75) is 18.0 Å². The van der Waals surface area contributed by atoms with Crippen LogP contribution in [0, 0.1) is 0 Å². The Morgan fingerprint density at radius 2 is 1.81 bits per heavy atom. The molecule has 0 fully saturated rings. The van der Waals surface area contributed by atoms with Crippen molar-refractivity contribution in [2.24, 2.45) is 10.9 Å². The molecule has 0 unspecified atom stereocenters. The summed E-state index contributed by atoms with van der Waals surface area (Å²) in [7, 11) is -3.71. The third kappa shape index (κ3) is 3.91. The number of sulfonamides is 1. The summed E-state index contributed by atoms with van der Waals surface area (Å²) in [6.07, 6.45) is 0. The Kier molecular flexibility index (Phi) is 4.41. The molecule has 0 aliphatic rings. The van der Waals surface area contributed by atoms with Crippen molar-refractivity contribution in [3.05, 3.63) is 53.5 Å². The van der Waals surface area contributed by atoms with Crippen LogP contribution in [0.4, 0.5) is 0 Å². The maximum Gasteiger partial charge on any atom is 0.287 e. The van der Waals surface area contributed by atoms with Crippen molar-refractivity contribution < 1.29 is 17.6 Å². The van der Waals surface area contributed by atoms with Gasteiger partial charge in [-0.1, -0.05) is 12.1 Å². The Bertz CT molecular complexity index is 735. The van der Waals surface area contributed by atoms with Crippen LogP contribution < -0.4 is 16.2 Å². The van der Waals surface area contributed by atoms with Crippen LogP contribution in [0.1, 0.15) is 21.9 Å². The van der Waals surface area contributed by atoms with Crippen molar-refractivity contribution in [3.63, 3.8) is 0 Å². The average molecular weight is 309 g/mol. The summed E-state index contributed by atoms with van der Waals surface area (Å²) in [5.74, 6) is 0.333. The standard InChI is InChI=1S/C13H15N3O4S/c14-7-10-3-6-12(20-10)13(17)16-8-9-1-4-11(5-2-9)21(15,18)19/h1-6H,7-8,14H2,(H,16,17)(H2,15,18,19). The molecule has 7 nitrogen and oxygen atoms in total. The van der Waals surface area contributed by atoms with Crippen molar-refractivity contribution in [1.29, 1.82) is 0 Å². The van der Waals surface area contributed by atoms with E-state index in [0.717, 1.165) is 5.56 Å². The van der Waals surface area contributed by atoms with Crippen LogP contribution in [0.15, 0.2) is 45.7 Å². The minimum Gasteiger partial charge on any atom is -0.455 e. The van der Waals surface area contributed by atoms with Gasteiger partial charge in [0.2, 0.25) is 10.0 Å². The number of hydrogen-bond acceptors (Lipinski definition) is 5. The van der Waals surface area contributed by atoms with E-state index in [1.54, 1.807) is 24.3 Å². The molecule has 2 rings (SSSR count). The Morgan fingerprint density at radius 3 is 2.33 bits per heavy atom. The number of furan rings is 1. The van der Waals surface area contributed by atoms with Gasteiger partial charge in [0, 0.05) is 6.54 Å². The highest BCUT2D eigenvalue weighted by atomic mass is 32.2. The Hall–Kier alpha value is -2.16. The van der Waals surface area contributed by atoms with Crippen LogP contribution in [0.25, 0.3) is 0 Å². The Morgan fingerprint density at radius 1 is 1.14 bits per heavy atom. The molecule has 2 aromatic rings. The molecule has 1 amide bonds. The molecule has 1 aromatic heterocycles. The molecule has 0 bridgehead atoms. The van der Waals surface area contributed by atoms with Crippen LogP contribution >= 0.6 is 0 Å². The van der Waals surface area contributed by atoms with Gasteiger partial charge in [-0.2, -0.15) is 0 Å². The molecule has 0 spiro atoms. The number of amides is 1. The Balaban J connectivity index is 1.98. The van der Waals surface area contributed by atoms with Gasteiger partial charge in [0.1, 0.15) is 5.76 Å². The van der Waals surface area contributed by atoms with Gasteiger partial charge < -0.3 is 15.5 Å². The molecule has 0 aliphatic heterocycles. The van der Waals surface area contributed by atoms with Crippen LogP contribution in [-0.4, -0.2) is 14.3 Å². The number of carbonyl (C=O) groups is 1. The molecule has 0 saturated carbocycles. The average Bonchev–Trinajstić information content (AvgIpc) is 2.93. The number of carbonyl (C=O) groups excluding carboxylic acids is 1. The monoisotopic (exact) mass is 309 g/mol. The number of nitrogens with two attached hydrogens (primary N) is 2. The third-order valence-electron chi connectivity index (χ3n) is 2.79. The molecule has 112 valence electrons. The van der Waals surface area contributed by atoms with Crippen molar-refractivity contribution in [3.8, 4) is 0 Å². The summed E-state index contributed by atoms with van der Waals surface area (Å²) >= 11 is 0. The quantitative estimate of drug-likeness (QED) is 0.732. The molecule has 0 atom stereocenters. The lowest BCUT2D eigenvalue weighted by Crippen LogP contribution is -2.22. The summed E-state index contributed by atoms with van der Waals surface area (Å²) in [5.41, 5.74) is 6.13. The highest BCUT2D eigenvalue weighted by Crippen LogP contribution is 2.10. The number of primary sulfonamides is 1. The fourth-order valence-electron chi connectivity index (χ4n) is 1.68. The molecule has 0 radical (unpaired) electrons. The lowest BCUT2D eigenvalue weighted by Gasteiger charge is -2.04. The zero-order chi connectivity index (χ0) is 15.5. The highest BCUT2D eigenvalue weighted by molar-refractivity contribution is 7.89. The molecule has 1 aromatic carbocycles. The minimum absolute atomic E-state index is 0.0243. The van der Waals surface area contributed by atoms with Crippen molar-refractivity contribution in [1.82, 2.24) is 5.32 Å². The largest absolute Gasteiger partial charge is 0.455 e. The van der Waals surface area contributed by atoms with Gasteiger partial charge in [-0.15, -0.1) is 0 Å². The maximum atomic E-state index is 11.8. The molecule has 0 saturated heterocycles. The predicted octanol–water partition coefficient (Wildman–Crippen LogP) is 0.316. The van der Waals surface area contributed by atoms with E-state index in [4.69, 9.17) is 15.3 Å². The van der Waals surface area contributed by atoms with Gasteiger partial charge in [0.25, 0.3) is 5.91 Å². The molecule has 21 heavy (non-hydrogen) atoms. The first-order chi connectivity index (χ1) is 9.90. The first-order valence-corrected chi connectivity index (χ1v) is 7.63. The molecular weight excluding hydrogens is 294 g/mol. The molecule has 0 aliphatic carbocycles. The van der Waals surface area contributed by atoms with E-state index in [9.17, 15) is 13.2 Å². The fourth-order valence-corrected chi connectivity index (χ4v) is 2.19. The van der Waals surface area contributed by atoms with E-state index in [2.05, 4.69) is 5.32 Å². The van der Waals surface area contributed by atoms with Gasteiger partial charge in [-0.05, 0) is 29.8 Å². The van der Waals surface area contributed by atoms with Gasteiger partial charge in [0.15, 0.2) is 5.76 Å². The van der Waals surface area contributed by atoms with E-state index in [-0.39, 0.29) is 29.7 Å². The van der Waals surface area contributed by atoms with E-state index in [0.29, 0.717) is 5.76 Å². The predicted molar refractivity (Wildman–Crippen MR) is 75.6 cm³/mol. The molecular formula is C13H15N3O4S. The smallest absolute Gasteiger partial charge is 0.287 e. The topological polar surface area (TPSA) is 128 Å². The lowest BCUT2D eigenvalue weighted by atomic mass is 10.2. The first kappa shape index (κ1) is 15.2. The summed E-state index contributed by atoms with van der Waals surface area (Å²) in [4.78, 5) is 11.8. The van der Waals surface area contributed by atoms with E-state index in [1.807, 2.05) is 0 Å². The maximum absolute atomic E-state index is 11.8. The first-order valence-electron chi connectivity index (χ1n) is 6.09. The van der Waals surface area contributed by atoms with Crippen LogP contribution in [0.2, 0.25) is 0 Å². The molecule has 5 N–H and O–H groups in total. The summed E-state index contributed by atoms with van der Waals surface area (Å²) < 4.78 is 27.4. The second kappa shape index (κ2) is 6.08. The zero-order valence-corrected chi connectivity index (χ0v) is 11.9. The normalized spacial score (nSPS) is 11.3. The van der Waals surface area contributed by atoms with Crippen molar-refractivity contribution in [2.75, 3.05) is 0 Å². The highest BCUT2D eigenvalue weighted by Gasteiger charge is 2.11. The van der Waals surface area contributed by atoms with Crippen LogP contribution in [0.3, 0.4) is 0 Å². The Labute approximate surface area is 122 Å². The van der Waals surface area contributed by atoms with E-state index >= 15 is 0 Å². The SMILES string of the molecule is NCc1ccc(C(=O)NCc2ccc(S(N)(=O)=O)cc2)o1. The second-order valence-corrected chi connectivity index (χ2v) is 5.90. The fraction of sp³-hybridized carbons (Fsp3) is 0.154. The van der Waals surface area contributed by atoms with Gasteiger partial charge >= 0.3 is 0 Å². The van der Waals surface area contributed by atoms with Crippen molar-refractivity contribution >= 4 is 15.9 Å². The number of nitrogens with one attached hydrogen (secondary N) is 1. The van der Waals surface area contributed by atoms with Crippen LogP contribution in [0.5, 0.6) is 0 Å². The van der Waals surface area contributed by atoms with Gasteiger partial charge in [-0.3, -0.25) is 4.79 Å². The van der Waals surface area contributed by atoms with Gasteiger partial charge in [0.05, 0.1) is 11.4 Å². The van der Waals surface area contributed by atoms with E-state index in [1.165, 1.54) is 12.1 Å². The van der Waals surface area contributed by atoms with E-state index < -0.39 is 10.0 Å². The van der Waals surface area contributed by atoms with Crippen LogP contribution in [-0.2, 0) is 23.1 Å². The number of hydrogen-bond donors (Lipinski definition) is 3. The third-order valence-corrected chi connectivity index (χ3v) is 3.72. The lowest BCUT2D eigenvalue weighted by molar-refractivity contribution is 0.0921. The summed E-state index contributed by atoms with van der Waals surface area (Å²) in [6.45, 7) is 0.463. The second-order valence-electron chi connectivity index (χ2n) is 4.34. The number of benzene rings is 1.